The lowest BCUT2D eigenvalue weighted by molar-refractivity contribution is -0.144. The number of sulfonamides is 1. The van der Waals surface area contributed by atoms with Crippen LogP contribution in [-0.4, -0.2) is 72.3 Å². The van der Waals surface area contributed by atoms with Crippen LogP contribution in [0.25, 0.3) is 20.7 Å². The first-order valence-electron chi connectivity index (χ1n) is 12.8. The molecular weight excluding hydrogens is 635 g/mol. The van der Waals surface area contributed by atoms with Crippen molar-refractivity contribution in [2.45, 2.75) is 29.3 Å². The third kappa shape index (κ3) is 9.55. The molecule has 0 aliphatic rings. The van der Waals surface area contributed by atoms with Crippen molar-refractivity contribution in [1.82, 2.24) is 25.3 Å². The first-order chi connectivity index (χ1) is 21.1. The van der Waals surface area contributed by atoms with Crippen molar-refractivity contribution in [3.05, 3.63) is 70.4 Å². The number of benzene rings is 2. The van der Waals surface area contributed by atoms with Gasteiger partial charge in [-0.15, -0.1) is 16.4 Å². The van der Waals surface area contributed by atoms with Crippen LogP contribution in [0, 0.1) is 0 Å². The molecule has 3 N–H and O–H groups in total. The molecule has 16 nitrogen and oxygen atoms in total. The first kappa shape index (κ1) is 32.5. The Morgan fingerprint density at radius 1 is 1.23 bits per heavy atom. The predicted octanol–water partition coefficient (Wildman–Crippen LogP) is 2.39. The van der Waals surface area contributed by atoms with Crippen LogP contribution < -0.4 is 19.9 Å². The van der Waals surface area contributed by atoms with E-state index in [0.29, 0.717) is 33.2 Å². The van der Waals surface area contributed by atoms with Crippen LogP contribution in [0.5, 0.6) is 11.5 Å². The number of nitrogens with one attached hydrogen (secondary N) is 1. The van der Waals surface area contributed by atoms with Gasteiger partial charge in [-0.2, -0.15) is 11.8 Å². The summed E-state index contributed by atoms with van der Waals surface area (Å²) in [5.74, 6) is 0.855. The zero-order valence-corrected chi connectivity index (χ0v) is 25.7. The number of amides is 1. The summed E-state index contributed by atoms with van der Waals surface area (Å²) in [6.07, 6.45) is 1.54. The Balaban J connectivity index is 1.26. The Morgan fingerprint density at radius 2 is 2.05 bits per heavy atom. The van der Waals surface area contributed by atoms with Gasteiger partial charge in [0.05, 0.1) is 36.7 Å². The van der Waals surface area contributed by atoms with E-state index in [4.69, 9.17) is 24.9 Å². The molecule has 2 aromatic carbocycles. The van der Waals surface area contributed by atoms with Crippen LogP contribution in [0.2, 0.25) is 0 Å². The van der Waals surface area contributed by atoms with Gasteiger partial charge < -0.3 is 19.5 Å². The van der Waals surface area contributed by atoms with Gasteiger partial charge in [0, 0.05) is 16.4 Å². The Labute approximate surface area is 259 Å². The Hall–Kier alpha value is -4.42. The van der Waals surface area contributed by atoms with Crippen LogP contribution >= 0.6 is 23.1 Å². The molecule has 4 aromatic rings. The molecule has 0 spiro atoms. The number of rotatable bonds is 16. The zero-order valence-electron chi connectivity index (χ0n) is 23.2. The molecule has 19 heteroatoms. The molecule has 0 fully saturated rings. The van der Waals surface area contributed by atoms with Gasteiger partial charge >= 0.3 is 5.97 Å². The number of aromatic nitrogens is 4. The van der Waals surface area contributed by atoms with E-state index in [9.17, 15) is 18.0 Å². The van der Waals surface area contributed by atoms with Crippen LogP contribution in [0.4, 0.5) is 0 Å². The SMILES string of the molecule is COC(=O)C(CSCc1cccc(OCCN=[N+]=[N-])c1)NC(=O)Cn1cc(COc2ccc3nc(S(N)(=O)=O)sc3c2)nn1. The largest absolute Gasteiger partial charge is 0.493 e. The molecule has 4 rings (SSSR count). The molecular formula is C25H27N9O7S3. The van der Waals surface area contributed by atoms with E-state index in [-0.39, 0.29) is 36.4 Å². The number of nitrogens with two attached hydrogens (primary N) is 1. The Kier molecular flexibility index (Phi) is 11.3. The fourth-order valence-corrected chi connectivity index (χ4v) is 6.37. The number of carbonyl (C=O) groups excluding carboxylic acids is 2. The van der Waals surface area contributed by atoms with E-state index < -0.39 is 27.9 Å². The van der Waals surface area contributed by atoms with Crippen molar-refractivity contribution in [1.29, 1.82) is 0 Å². The summed E-state index contributed by atoms with van der Waals surface area (Å²) >= 11 is 2.37. The van der Waals surface area contributed by atoms with E-state index in [0.717, 1.165) is 16.9 Å². The maximum absolute atomic E-state index is 12.7. The maximum atomic E-state index is 12.7. The van der Waals surface area contributed by atoms with Gasteiger partial charge in [-0.25, -0.2) is 28.0 Å². The number of esters is 1. The van der Waals surface area contributed by atoms with Crippen molar-refractivity contribution in [2.75, 3.05) is 26.0 Å². The Bertz CT molecular complexity index is 1770. The molecule has 1 amide bonds. The van der Waals surface area contributed by atoms with Crippen molar-refractivity contribution >= 4 is 55.2 Å². The average Bonchev–Trinajstić information content (AvgIpc) is 3.64. The Morgan fingerprint density at radius 3 is 2.82 bits per heavy atom. The van der Waals surface area contributed by atoms with Gasteiger partial charge in [0.15, 0.2) is 0 Å². The normalized spacial score (nSPS) is 11.9. The third-order valence-electron chi connectivity index (χ3n) is 5.66. The van der Waals surface area contributed by atoms with E-state index in [1.54, 1.807) is 24.3 Å². The van der Waals surface area contributed by atoms with Gasteiger partial charge in [0.1, 0.15) is 36.4 Å². The number of nitrogens with zero attached hydrogens (tertiary/aromatic N) is 7. The molecule has 0 aliphatic heterocycles. The summed E-state index contributed by atoms with van der Waals surface area (Å²) in [5, 5.41) is 19.2. The molecule has 0 saturated carbocycles. The minimum absolute atomic E-state index is 0.0371. The first-order valence-corrected chi connectivity index (χ1v) is 16.3. The molecule has 2 heterocycles. The van der Waals surface area contributed by atoms with Crippen LogP contribution in [0.1, 0.15) is 11.3 Å². The predicted molar refractivity (Wildman–Crippen MR) is 161 cm³/mol. The molecule has 0 saturated heterocycles. The molecule has 2 aromatic heterocycles. The van der Waals surface area contributed by atoms with Crippen molar-refractivity contribution < 1.29 is 32.2 Å². The van der Waals surface area contributed by atoms with E-state index in [2.05, 4.69) is 30.6 Å². The summed E-state index contributed by atoms with van der Waals surface area (Å²) in [6.45, 7) is 0.324. The number of methoxy groups -OCH3 is 1. The highest BCUT2D eigenvalue weighted by atomic mass is 32.2. The second-order valence-corrected chi connectivity index (χ2v) is 12.8. The monoisotopic (exact) mass is 661 g/mol. The van der Waals surface area contributed by atoms with Gasteiger partial charge in [-0.1, -0.05) is 22.5 Å². The number of primary sulfonamides is 1. The second-order valence-electron chi connectivity index (χ2n) is 8.96. The topological polar surface area (TPSA) is 226 Å². The number of hydrogen-bond donors (Lipinski definition) is 2. The molecule has 1 atom stereocenters. The summed E-state index contributed by atoms with van der Waals surface area (Å²) < 4.78 is 41.0. The van der Waals surface area contributed by atoms with Gasteiger partial charge in [0.25, 0.3) is 10.0 Å². The summed E-state index contributed by atoms with van der Waals surface area (Å²) in [7, 11) is -2.66. The highest BCUT2D eigenvalue weighted by molar-refractivity contribution is 7.98. The molecule has 1 unspecified atom stereocenters. The van der Waals surface area contributed by atoms with Crippen LogP contribution in [0.15, 0.2) is 58.1 Å². The standard InChI is InChI=1S/C25H27N9O7S3/c1-39-24(36)21(15-42-14-16-3-2-4-18(9-16)40-8-7-28-32-26)29-23(35)12-34-11-17(31-33-34)13-41-19-5-6-20-22(10-19)43-25(30-20)44(27,37)38/h2-6,9-11,21H,7-8,12-15H2,1H3,(H,29,35)(H2,27,37,38). The minimum Gasteiger partial charge on any atom is -0.493 e. The van der Waals surface area contributed by atoms with Crippen molar-refractivity contribution in [3.8, 4) is 11.5 Å². The maximum Gasteiger partial charge on any atom is 0.329 e. The quantitative estimate of drug-likeness (QED) is 0.0582. The smallest absolute Gasteiger partial charge is 0.329 e. The number of thioether (sulfide) groups is 1. The number of ether oxygens (including phenoxy) is 3. The van der Waals surface area contributed by atoms with Gasteiger partial charge in [-0.3, -0.25) is 4.79 Å². The number of carbonyl (C=O) groups is 2. The summed E-state index contributed by atoms with van der Waals surface area (Å²) in [5.41, 5.74) is 10.2. The average molecular weight is 662 g/mol. The van der Waals surface area contributed by atoms with E-state index >= 15 is 0 Å². The molecule has 232 valence electrons. The number of hydrogen-bond acceptors (Lipinski definition) is 13. The fraction of sp³-hybridized carbons (Fsp3) is 0.320. The zero-order chi connectivity index (χ0) is 31.5. The minimum atomic E-state index is -3.90. The number of azide groups is 1. The van der Waals surface area contributed by atoms with E-state index in [1.165, 1.54) is 29.8 Å². The van der Waals surface area contributed by atoms with Gasteiger partial charge in [-0.05, 0) is 41.4 Å². The second kappa shape index (κ2) is 15.3. The molecule has 0 radical (unpaired) electrons. The lowest BCUT2D eigenvalue weighted by atomic mass is 10.2. The lowest BCUT2D eigenvalue weighted by Gasteiger charge is -2.16. The van der Waals surface area contributed by atoms with Crippen molar-refractivity contribution in [2.24, 2.45) is 10.3 Å². The summed E-state index contributed by atoms with van der Waals surface area (Å²) in [6, 6.07) is 11.4. The molecule has 0 bridgehead atoms. The highest BCUT2D eigenvalue weighted by Crippen LogP contribution is 2.28. The molecule has 44 heavy (non-hydrogen) atoms. The number of fused-ring (bicyclic) bond motifs is 1. The highest BCUT2D eigenvalue weighted by Gasteiger charge is 2.22. The molecule has 0 aliphatic carbocycles. The summed E-state index contributed by atoms with van der Waals surface area (Å²) in [4.78, 5) is 31.7. The third-order valence-corrected chi connectivity index (χ3v) is 9.10. The number of thiazole rings is 1. The lowest BCUT2D eigenvalue weighted by Crippen LogP contribution is -2.44. The van der Waals surface area contributed by atoms with Crippen LogP contribution in [0.3, 0.4) is 0 Å². The fourth-order valence-electron chi connectivity index (χ4n) is 3.70. The van der Waals surface area contributed by atoms with Gasteiger partial charge in [0.2, 0.25) is 10.2 Å². The van der Waals surface area contributed by atoms with Crippen molar-refractivity contribution in [3.63, 3.8) is 0 Å². The van der Waals surface area contributed by atoms with E-state index in [1.807, 2.05) is 18.2 Å². The van der Waals surface area contributed by atoms with Crippen LogP contribution in [-0.2, 0) is 43.3 Å².